The molecule has 2 aromatic carbocycles. The number of nitroso groups, excluding NO2 is 1. The van der Waals surface area contributed by atoms with E-state index in [-0.39, 0.29) is 0 Å². The number of aryl methyl sites for hydroxylation is 1. The summed E-state index contributed by atoms with van der Waals surface area (Å²) in [6.45, 7) is 2.06. The van der Waals surface area contributed by atoms with Crippen molar-refractivity contribution in [3.8, 4) is 0 Å². The first-order valence-corrected chi connectivity index (χ1v) is 6.23. The molecular weight excluding hydrogens is 327 g/mol. The van der Waals surface area contributed by atoms with Crippen molar-refractivity contribution < 1.29 is 0 Å². The lowest BCUT2D eigenvalue weighted by Gasteiger charge is -2.09. The largest absolute Gasteiger partial charge is 0.355 e. The third kappa shape index (κ3) is 3.03. The smallest absolute Gasteiger partial charge is 0.108 e. The number of hydrogen-bond acceptors (Lipinski definition) is 3. The molecule has 2 aromatic rings. The summed E-state index contributed by atoms with van der Waals surface area (Å²) < 4.78 is 1.21. The molecule has 0 amide bonds. The zero-order valence-corrected chi connectivity index (χ0v) is 11.4. The average Bonchev–Trinajstić information content (AvgIpc) is 2.34. The first kappa shape index (κ1) is 12.0. The zero-order valence-electron chi connectivity index (χ0n) is 9.27. The highest BCUT2D eigenvalue weighted by molar-refractivity contribution is 14.1. The fourth-order valence-electron chi connectivity index (χ4n) is 1.53. The van der Waals surface area contributed by atoms with E-state index in [1.165, 1.54) is 9.13 Å². The van der Waals surface area contributed by atoms with Crippen LogP contribution in [-0.2, 0) is 0 Å². The van der Waals surface area contributed by atoms with E-state index in [0.717, 1.165) is 11.4 Å². The van der Waals surface area contributed by atoms with Gasteiger partial charge in [-0.25, -0.2) is 0 Å². The fourth-order valence-corrected chi connectivity index (χ4v) is 2.18. The lowest BCUT2D eigenvalue weighted by Crippen LogP contribution is -1.92. The van der Waals surface area contributed by atoms with Gasteiger partial charge in [-0.15, -0.1) is 4.91 Å². The SMILES string of the molecule is Cc1cc(I)ccc1Nc1ccc(N=O)cc1. The molecule has 0 aliphatic rings. The molecule has 17 heavy (non-hydrogen) atoms. The van der Waals surface area contributed by atoms with Gasteiger partial charge in [0.25, 0.3) is 0 Å². The van der Waals surface area contributed by atoms with Crippen LogP contribution in [0.1, 0.15) is 5.56 Å². The van der Waals surface area contributed by atoms with Crippen LogP contribution in [0.25, 0.3) is 0 Å². The molecule has 0 fully saturated rings. The summed E-state index contributed by atoms with van der Waals surface area (Å²) in [7, 11) is 0. The summed E-state index contributed by atoms with van der Waals surface area (Å²) in [5.74, 6) is 0. The predicted octanol–water partition coefficient (Wildman–Crippen LogP) is 4.74. The Kier molecular flexibility index (Phi) is 3.73. The molecule has 0 saturated carbocycles. The maximum atomic E-state index is 10.3. The van der Waals surface area contributed by atoms with Gasteiger partial charge in [-0.1, -0.05) is 0 Å². The Hall–Kier alpha value is -1.43. The first-order valence-electron chi connectivity index (χ1n) is 5.15. The summed E-state index contributed by atoms with van der Waals surface area (Å²) in [4.78, 5) is 10.3. The molecule has 0 heterocycles. The van der Waals surface area contributed by atoms with Crippen molar-refractivity contribution in [3.05, 3.63) is 56.5 Å². The minimum atomic E-state index is 0.440. The normalized spacial score (nSPS) is 10.0. The number of nitrogens with zero attached hydrogens (tertiary/aromatic N) is 1. The van der Waals surface area contributed by atoms with Crippen LogP contribution in [0.5, 0.6) is 0 Å². The molecular formula is C13H11IN2O. The van der Waals surface area contributed by atoms with Crippen molar-refractivity contribution in [1.82, 2.24) is 0 Å². The molecule has 0 unspecified atom stereocenters. The van der Waals surface area contributed by atoms with Crippen LogP contribution in [0.15, 0.2) is 47.6 Å². The number of benzene rings is 2. The molecule has 4 heteroatoms. The molecule has 0 spiro atoms. The van der Waals surface area contributed by atoms with E-state index in [1.807, 2.05) is 18.2 Å². The van der Waals surface area contributed by atoms with Crippen LogP contribution in [-0.4, -0.2) is 0 Å². The maximum absolute atomic E-state index is 10.3. The second kappa shape index (κ2) is 5.27. The van der Waals surface area contributed by atoms with E-state index < -0.39 is 0 Å². The number of rotatable bonds is 3. The van der Waals surface area contributed by atoms with Crippen molar-refractivity contribution in [1.29, 1.82) is 0 Å². The Morgan fingerprint density at radius 3 is 2.41 bits per heavy atom. The number of hydrogen-bond donors (Lipinski definition) is 1. The molecule has 0 atom stereocenters. The van der Waals surface area contributed by atoms with Crippen LogP contribution in [0.2, 0.25) is 0 Å². The number of halogens is 1. The molecule has 0 aliphatic heterocycles. The molecule has 1 N–H and O–H groups in total. The Bertz CT molecular complexity index is 538. The molecule has 0 aliphatic carbocycles. The van der Waals surface area contributed by atoms with Gasteiger partial charge in [0.15, 0.2) is 0 Å². The Morgan fingerprint density at radius 1 is 1.12 bits per heavy atom. The summed E-state index contributed by atoms with van der Waals surface area (Å²) in [6.07, 6.45) is 0. The summed E-state index contributed by atoms with van der Waals surface area (Å²) >= 11 is 2.29. The van der Waals surface area contributed by atoms with Crippen molar-refractivity contribution in [2.45, 2.75) is 6.92 Å². The molecule has 0 bridgehead atoms. The second-order valence-corrected chi connectivity index (χ2v) is 4.97. The van der Waals surface area contributed by atoms with Crippen LogP contribution in [0.4, 0.5) is 17.1 Å². The maximum Gasteiger partial charge on any atom is 0.108 e. The third-order valence-corrected chi connectivity index (χ3v) is 3.11. The Morgan fingerprint density at radius 2 is 1.82 bits per heavy atom. The van der Waals surface area contributed by atoms with Gasteiger partial charge in [0.1, 0.15) is 5.69 Å². The minimum absolute atomic E-state index is 0.440. The molecule has 0 radical (unpaired) electrons. The standard InChI is InChI=1S/C13H11IN2O/c1-9-8-10(14)2-7-13(9)15-11-3-5-12(16-17)6-4-11/h2-8,15H,1H3. The fraction of sp³-hybridized carbons (Fsp3) is 0.0769. The van der Waals surface area contributed by atoms with Gasteiger partial charge >= 0.3 is 0 Å². The summed E-state index contributed by atoms with van der Waals surface area (Å²) in [5.41, 5.74) is 3.64. The highest BCUT2D eigenvalue weighted by Gasteiger charge is 2.00. The van der Waals surface area contributed by atoms with E-state index in [0.29, 0.717) is 5.69 Å². The van der Waals surface area contributed by atoms with Gasteiger partial charge in [0, 0.05) is 14.9 Å². The summed E-state index contributed by atoms with van der Waals surface area (Å²) in [6, 6.07) is 13.3. The van der Waals surface area contributed by atoms with E-state index in [1.54, 1.807) is 12.1 Å². The Balaban J connectivity index is 2.22. The Labute approximate surface area is 113 Å². The first-order chi connectivity index (χ1) is 8.19. The molecule has 3 nitrogen and oxygen atoms in total. The lowest BCUT2D eigenvalue weighted by molar-refractivity contribution is 1.41. The monoisotopic (exact) mass is 338 g/mol. The van der Waals surface area contributed by atoms with Crippen molar-refractivity contribution in [2.24, 2.45) is 5.18 Å². The predicted molar refractivity (Wildman–Crippen MR) is 79.1 cm³/mol. The quantitative estimate of drug-likeness (QED) is 0.649. The van der Waals surface area contributed by atoms with Gasteiger partial charge in [0.05, 0.1) is 0 Å². The van der Waals surface area contributed by atoms with Gasteiger partial charge in [-0.2, -0.15) is 0 Å². The van der Waals surface area contributed by atoms with Crippen LogP contribution < -0.4 is 5.32 Å². The molecule has 2 rings (SSSR count). The number of nitrogens with one attached hydrogen (secondary N) is 1. The van der Waals surface area contributed by atoms with Crippen LogP contribution in [0, 0.1) is 15.4 Å². The highest BCUT2D eigenvalue weighted by atomic mass is 127. The number of anilines is 2. The third-order valence-electron chi connectivity index (χ3n) is 2.44. The lowest BCUT2D eigenvalue weighted by atomic mass is 10.2. The molecule has 0 aromatic heterocycles. The summed E-state index contributed by atoms with van der Waals surface area (Å²) in [5, 5.41) is 6.17. The van der Waals surface area contributed by atoms with Gasteiger partial charge in [-0.05, 0) is 82.7 Å². The van der Waals surface area contributed by atoms with E-state index >= 15 is 0 Å². The van der Waals surface area contributed by atoms with Crippen molar-refractivity contribution in [2.75, 3.05) is 5.32 Å². The van der Waals surface area contributed by atoms with Crippen LogP contribution >= 0.6 is 22.6 Å². The average molecular weight is 338 g/mol. The van der Waals surface area contributed by atoms with E-state index in [2.05, 4.69) is 52.1 Å². The van der Waals surface area contributed by atoms with Crippen molar-refractivity contribution in [3.63, 3.8) is 0 Å². The highest BCUT2D eigenvalue weighted by Crippen LogP contribution is 2.23. The van der Waals surface area contributed by atoms with Gasteiger partial charge < -0.3 is 5.32 Å². The topological polar surface area (TPSA) is 41.5 Å². The zero-order chi connectivity index (χ0) is 12.3. The van der Waals surface area contributed by atoms with Crippen molar-refractivity contribution >= 4 is 39.7 Å². The van der Waals surface area contributed by atoms with Crippen LogP contribution in [0.3, 0.4) is 0 Å². The van der Waals surface area contributed by atoms with E-state index in [9.17, 15) is 4.91 Å². The van der Waals surface area contributed by atoms with Gasteiger partial charge in [0.2, 0.25) is 0 Å². The second-order valence-electron chi connectivity index (χ2n) is 3.72. The van der Waals surface area contributed by atoms with E-state index in [4.69, 9.17) is 0 Å². The minimum Gasteiger partial charge on any atom is -0.355 e. The molecule has 86 valence electrons. The van der Waals surface area contributed by atoms with Gasteiger partial charge in [-0.3, -0.25) is 0 Å². The molecule has 0 saturated heterocycles.